The Labute approximate surface area is 137 Å². The lowest BCUT2D eigenvalue weighted by Gasteiger charge is -2.11. The Hall–Kier alpha value is -3.03. The number of ether oxygens (including phenoxy) is 2. The molecule has 0 atom stereocenters. The van der Waals surface area contributed by atoms with E-state index >= 15 is 0 Å². The van der Waals surface area contributed by atoms with Crippen LogP contribution in [-0.4, -0.2) is 31.2 Å². The van der Waals surface area contributed by atoms with Gasteiger partial charge >= 0.3 is 5.97 Å². The summed E-state index contributed by atoms with van der Waals surface area (Å²) >= 11 is 0. The molecule has 1 aromatic carbocycles. The van der Waals surface area contributed by atoms with Gasteiger partial charge in [-0.05, 0) is 0 Å². The molecule has 0 aliphatic rings. The summed E-state index contributed by atoms with van der Waals surface area (Å²) in [5.41, 5.74) is -0.251. The third-order valence-corrected chi connectivity index (χ3v) is 3.31. The summed E-state index contributed by atoms with van der Waals surface area (Å²) in [7, 11) is 2.73. The molecule has 0 saturated heterocycles. The van der Waals surface area contributed by atoms with Crippen molar-refractivity contribution in [3.8, 4) is 11.5 Å². The van der Waals surface area contributed by atoms with Crippen LogP contribution in [0.1, 0.15) is 33.6 Å². The van der Waals surface area contributed by atoms with Gasteiger partial charge in [-0.15, -0.1) is 0 Å². The predicted molar refractivity (Wildman–Crippen MR) is 82.5 cm³/mol. The quantitative estimate of drug-likeness (QED) is 0.841. The van der Waals surface area contributed by atoms with Crippen LogP contribution in [0.2, 0.25) is 0 Å². The zero-order chi connectivity index (χ0) is 17.9. The molecular formula is C16H16FNO6. The number of aromatic carboxylic acids is 1. The number of halogens is 1. The number of nitrogens with one attached hydrogen (secondary N) is 1. The number of amides is 1. The van der Waals surface area contributed by atoms with Crippen molar-refractivity contribution in [1.82, 2.24) is 0 Å². The maximum Gasteiger partial charge on any atom is 0.339 e. The van der Waals surface area contributed by atoms with Gasteiger partial charge in [-0.25, -0.2) is 9.18 Å². The average Bonchev–Trinajstić information content (AvgIpc) is 3.01. The Balaban J connectivity index is 2.31. The Morgan fingerprint density at radius 1 is 1.21 bits per heavy atom. The van der Waals surface area contributed by atoms with Gasteiger partial charge in [0.25, 0.3) is 5.91 Å². The Bertz CT molecular complexity index is 783. The third-order valence-electron chi connectivity index (χ3n) is 3.31. The molecule has 0 saturated carbocycles. The van der Waals surface area contributed by atoms with Gasteiger partial charge in [-0.2, -0.15) is 0 Å². The fourth-order valence-corrected chi connectivity index (χ4v) is 2.12. The molecule has 0 aliphatic carbocycles. The Kier molecular flexibility index (Phi) is 5.08. The maximum absolute atomic E-state index is 14.0. The maximum atomic E-state index is 14.0. The van der Waals surface area contributed by atoms with Crippen LogP contribution >= 0.6 is 0 Å². The number of furan rings is 1. The van der Waals surface area contributed by atoms with Gasteiger partial charge in [0.15, 0.2) is 23.1 Å². The predicted octanol–water partition coefficient (Wildman–Crippen LogP) is 2.95. The molecule has 2 N–H and O–H groups in total. The van der Waals surface area contributed by atoms with Crippen molar-refractivity contribution >= 4 is 17.6 Å². The summed E-state index contributed by atoms with van der Waals surface area (Å²) < 4.78 is 29.3. The molecule has 8 heteroatoms. The summed E-state index contributed by atoms with van der Waals surface area (Å²) in [6.45, 7) is 1.70. The fraction of sp³-hybridized carbons (Fsp3) is 0.250. The van der Waals surface area contributed by atoms with E-state index in [1.54, 1.807) is 6.92 Å². The number of hydrogen-bond donors (Lipinski definition) is 2. The molecule has 0 spiro atoms. The molecule has 24 heavy (non-hydrogen) atoms. The number of aryl methyl sites for hydroxylation is 1. The molecule has 2 rings (SSSR count). The van der Waals surface area contributed by atoms with Gasteiger partial charge in [0.1, 0.15) is 11.3 Å². The largest absolute Gasteiger partial charge is 0.493 e. The van der Waals surface area contributed by atoms with E-state index in [0.29, 0.717) is 6.42 Å². The number of methoxy groups -OCH3 is 2. The van der Waals surface area contributed by atoms with E-state index in [1.807, 2.05) is 0 Å². The van der Waals surface area contributed by atoms with Gasteiger partial charge in [-0.1, -0.05) is 6.92 Å². The lowest BCUT2D eigenvalue weighted by molar-refractivity contribution is 0.0694. The number of benzene rings is 1. The Morgan fingerprint density at radius 3 is 2.33 bits per heavy atom. The first-order chi connectivity index (χ1) is 11.4. The standard InChI is InChI=1S/C16H16FNO6/c1-4-11-8(16(20)21)5-14(24-11)15(19)18-10-7-13(23-3)12(22-2)6-9(10)17/h5-7H,4H2,1-3H3,(H,18,19)(H,20,21). The highest BCUT2D eigenvalue weighted by molar-refractivity contribution is 6.04. The minimum Gasteiger partial charge on any atom is -0.493 e. The van der Waals surface area contributed by atoms with Crippen molar-refractivity contribution in [3.63, 3.8) is 0 Å². The molecule has 128 valence electrons. The SMILES string of the molecule is CCc1oc(C(=O)Nc2cc(OC)c(OC)cc2F)cc1C(=O)O. The number of carbonyl (C=O) groups excluding carboxylic acids is 1. The normalized spacial score (nSPS) is 10.3. The van der Waals surface area contributed by atoms with Crippen LogP contribution in [0.25, 0.3) is 0 Å². The smallest absolute Gasteiger partial charge is 0.339 e. The second-order valence-electron chi connectivity index (χ2n) is 4.75. The highest BCUT2D eigenvalue weighted by Crippen LogP contribution is 2.32. The van der Waals surface area contributed by atoms with Gasteiger partial charge in [0.2, 0.25) is 0 Å². The van der Waals surface area contributed by atoms with Crippen LogP contribution in [0, 0.1) is 5.82 Å². The molecule has 1 aromatic heterocycles. The minimum atomic E-state index is -1.20. The van der Waals surface area contributed by atoms with Crippen molar-refractivity contribution in [1.29, 1.82) is 0 Å². The summed E-state index contributed by atoms with van der Waals surface area (Å²) in [5, 5.41) is 11.4. The number of carboxylic acid groups (broad SMARTS) is 1. The molecule has 0 aliphatic heterocycles. The fourth-order valence-electron chi connectivity index (χ4n) is 2.12. The third kappa shape index (κ3) is 3.32. The first-order valence-corrected chi connectivity index (χ1v) is 7.00. The minimum absolute atomic E-state index is 0.101. The van der Waals surface area contributed by atoms with Crippen LogP contribution in [0.15, 0.2) is 22.6 Å². The lowest BCUT2D eigenvalue weighted by Crippen LogP contribution is -2.12. The molecule has 0 bridgehead atoms. The second kappa shape index (κ2) is 7.03. The zero-order valence-corrected chi connectivity index (χ0v) is 13.3. The highest BCUT2D eigenvalue weighted by Gasteiger charge is 2.21. The summed E-state index contributed by atoms with van der Waals surface area (Å²) in [5.74, 6) is -2.36. The second-order valence-corrected chi connectivity index (χ2v) is 4.75. The number of carboxylic acids is 1. The average molecular weight is 337 g/mol. The Morgan fingerprint density at radius 2 is 1.83 bits per heavy atom. The van der Waals surface area contributed by atoms with Gasteiger partial charge < -0.3 is 24.3 Å². The number of hydrogen-bond acceptors (Lipinski definition) is 5. The summed E-state index contributed by atoms with van der Waals surface area (Å²) in [6, 6.07) is 3.43. The number of carbonyl (C=O) groups is 2. The van der Waals surface area contributed by atoms with Crippen molar-refractivity contribution in [2.24, 2.45) is 0 Å². The van der Waals surface area contributed by atoms with E-state index in [2.05, 4.69) is 5.32 Å². The highest BCUT2D eigenvalue weighted by atomic mass is 19.1. The van der Waals surface area contributed by atoms with Gasteiger partial charge in [0, 0.05) is 24.6 Å². The van der Waals surface area contributed by atoms with E-state index < -0.39 is 17.7 Å². The molecule has 1 heterocycles. The van der Waals surface area contributed by atoms with Crippen LogP contribution in [0.5, 0.6) is 11.5 Å². The van der Waals surface area contributed by atoms with E-state index in [9.17, 15) is 14.0 Å². The first-order valence-electron chi connectivity index (χ1n) is 7.00. The monoisotopic (exact) mass is 337 g/mol. The van der Waals surface area contributed by atoms with Crippen LogP contribution in [-0.2, 0) is 6.42 Å². The van der Waals surface area contributed by atoms with Crippen LogP contribution in [0.3, 0.4) is 0 Å². The summed E-state index contributed by atoms with van der Waals surface area (Å²) in [6.07, 6.45) is 0.305. The first kappa shape index (κ1) is 17.3. The molecule has 0 radical (unpaired) electrons. The molecular weight excluding hydrogens is 321 g/mol. The van der Waals surface area contributed by atoms with Crippen LogP contribution < -0.4 is 14.8 Å². The summed E-state index contributed by atoms with van der Waals surface area (Å²) in [4.78, 5) is 23.3. The molecule has 0 unspecified atom stereocenters. The lowest BCUT2D eigenvalue weighted by atomic mass is 10.2. The van der Waals surface area contributed by atoms with Crippen molar-refractivity contribution < 1.29 is 33.0 Å². The molecule has 2 aromatic rings. The topological polar surface area (TPSA) is 98.0 Å². The van der Waals surface area contributed by atoms with Crippen LogP contribution in [0.4, 0.5) is 10.1 Å². The molecule has 7 nitrogen and oxygen atoms in total. The van der Waals surface area contributed by atoms with Gasteiger partial charge in [0.05, 0.1) is 19.9 Å². The zero-order valence-electron chi connectivity index (χ0n) is 13.3. The van der Waals surface area contributed by atoms with Crippen molar-refractivity contribution in [3.05, 3.63) is 41.1 Å². The molecule has 0 fully saturated rings. The number of anilines is 1. The van der Waals surface area contributed by atoms with E-state index in [-0.39, 0.29) is 34.3 Å². The molecule has 1 amide bonds. The number of rotatable bonds is 6. The van der Waals surface area contributed by atoms with Gasteiger partial charge in [-0.3, -0.25) is 4.79 Å². The van der Waals surface area contributed by atoms with E-state index in [1.165, 1.54) is 20.3 Å². The van der Waals surface area contributed by atoms with Crippen molar-refractivity contribution in [2.75, 3.05) is 19.5 Å². The van der Waals surface area contributed by atoms with E-state index in [0.717, 1.165) is 12.1 Å². The van der Waals surface area contributed by atoms with E-state index in [4.69, 9.17) is 19.0 Å². The van der Waals surface area contributed by atoms with Crippen molar-refractivity contribution in [2.45, 2.75) is 13.3 Å².